The summed E-state index contributed by atoms with van der Waals surface area (Å²) in [6, 6.07) is 0. The molecule has 0 aliphatic rings. The molecule has 0 fully saturated rings. The molecule has 8 nitrogen and oxygen atoms in total. The van der Waals surface area contributed by atoms with Crippen molar-refractivity contribution in [2.45, 2.75) is 245 Å². The molecular weight excluding hydrogens is 866 g/mol. The van der Waals surface area contributed by atoms with Gasteiger partial charge in [-0.05, 0) is 64.2 Å². The van der Waals surface area contributed by atoms with Crippen molar-refractivity contribution in [2.75, 3.05) is 54.1 Å². The van der Waals surface area contributed by atoms with Gasteiger partial charge in [0.2, 0.25) is 0 Å². The van der Waals surface area contributed by atoms with Crippen LogP contribution in [-0.2, 0) is 27.9 Å². The molecule has 0 heterocycles. The van der Waals surface area contributed by atoms with Gasteiger partial charge in [-0.25, -0.2) is 0 Å². The zero-order valence-corrected chi connectivity index (χ0v) is 45.9. The number of hydrogen-bond donors (Lipinski definition) is 0. The molecule has 0 rings (SSSR count). The average molecular weight is 974 g/mol. The molecule has 0 aromatic carbocycles. The molecule has 0 aliphatic heterocycles. The highest BCUT2D eigenvalue weighted by Gasteiger charge is 2.20. The number of carbonyl (C=O) groups excluding carboxylic acids is 1. The third kappa shape index (κ3) is 54.9. The van der Waals surface area contributed by atoms with Gasteiger partial charge >= 0.3 is 5.97 Å². The van der Waals surface area contributed by atoms with E-state index in [0.29, 0.717) is 24.1 Å². The number of rotatable bonds is 52. The highest BCUT2D eigenvalue weighted by Crippen LogP contribution is 2.38. The molecule has 0 spiro atoms. The number of quaternary nitrogens is 1. The van der Waals surface area contributed by atoms with Gasteiger partial charge < -0.3 is 27.9 Å². The van der Waals surface area contributed by atoms with E-state index >= 15 is 0 Å². The molecule has 68 heavy (non-hydrogen) atoms. The Labute approximate surface area is 421 Å². The minimum absolute atomic E-state index is 0.0172. The van der Waals surface area contributed by atoms with Crippen LogP contribution in [0.15, 0.2) is 72.9 Å². The fourth-order valence-electron chi connectivity index (χ4n) is 7.73. The summed E-state index contributed by atoms with van der Waals surface area (Å²) in [6.45, 7) is 5.24. The first-order valence-electron chi connectivity index (χ1n) is 28.2. The van der Waals surface area contributed by atoms with E-state index in [1.807, 2.05) is 21.1 Å². The van der Waals surface area contributed by atoms with Gasteiger partial charge in [0.1, 0.15) is 19.3 Å². The Morgan fingerprint density at radius 1 is 0.471 bits per heavy atom. The van der Waals surface area contributed by atoms with Gasteiger partial charge in [0.05, 0.1) is 34.4 Å². The van der Waals surface area contributed by atoms with E-state index in [1.165, 1.54) is 135 Å². The van der Waals surface area contributed by atoms with Crippen LogP contribution in [0.25, 0.3) is 0 Å². The van der Waals surface area contributed by atoms with Crippen LogP contribution >= 0.6 is 7.82 Å². The van der Waals surface area contributed by atoms with Crippen LogP contribution in [0.4, 0.5) is 0 Å². The zero-order chi connectivity index (χ0) is 49.8. The Hall–Kier alpha value is -2.06. The van der Waals surface area contributed by atoms with Gasteiger partial charge in [-0.15, -0.1) is 0 Å². The van der Waals surface area contributed by atoms with Gasteiger partial charge in [0.15, 0.2) is 0 Å². The van der Waals surface area contributed by atoms with Crippen molar-refractivity contribution in [3.63, 3.8) is 0 Å². The Kier molecular flexibility index (Phi) is 49.7. The van der Waals surface area contributed by atoms with Crippen LogP contribution in [0.5, 0.6) is 0 Å². The summed E-state index contributed by atoms with van der Waals surface area (Å²) in [5, 5.41) is 0. The summed E-state index contributed by atoms with van der Waals surface area (Å²) in [6.07, 6.45) is 68.0. The van der Waals surface area contributed by atoms with Crippen LogP contribution in [-0.4, -0.2) is 70.7 Å². The van der Waals surface area contributed by atoms with Crippen molar-refractivity contribution in [3.05, 3.63) is 72.9 Å². The molecule has 9 heteroatoms. The number of unbranched alkanes of at least 4 members (excludes halogenated alkanes) is 26. The summed E-state index contributed by atoms with van der Waals surface area (Å²) in [5.41, 5.74) is 0. The lowest BCUT2D eigenvalue weighted by atomic mass is 10.0. The van der Waals surface area contributed by atoms with E-state index in [4.69, 9.17) is 18.5 Å². The molecule has 0 saturated heterocycles. The van der Waals surface area contributed by atoms with Crippen LogP contribution in [0.2, 0.25) is 0 Å². The molecule has 0 aliphatic carbocycles. The van der Waals surface area contributed by atoms with Crippen molar-refractivity contribution in [3.8, 4) is 0 Å². The van der Waals surface area contributed by atoms with Gasteiger partial charge in [0.25, 0.3) is 7.82 Å². The number of phosphoric ester groups is 1. The van der Waals surface area contributed by atoms with Gasteiger partial charge in [-0.2, -0.15) is 0 Å². The molecule has 0 aromatic heterocycles. The van der Waals surface area contributed by atoms with E-state index in [0.717, 1.165) is 83.5 Å². The zero-order valence-electron chi connectivity index (χ0n) is 45.0. The van der Waals surface area contributed by atoms with E-state index in [2.05, 4.69) is 86.8 Å². The Bertz CT molecular complexity index is 1320. The number of ether oxygens (including phenoxy) is 2. The number of nitrogens with zero attached hydrogens (tertiary/aromatic N) is 1. The summed E-state index contributed by atoms with van der Waals surface area (Å²) < 4.78 is 34.8. The van der Waals surface area contributed by atoms with Crippen molar-refractivity contribution < 1.29 is 37.3 Å². The summed E-state index contributed by atoms with van der Waals surface area (Å²) in [5.74, 6) is -0.343. The minimum atomic E-state index is -4.55. The molecule has 396 valence electrons. The molecule has 2 unspecified atom stereocenters. The molecule has 0 amide bonds. The number of esters is 1. The summed E-state index contributed by atoms with van der Waals surface area (Å²) in [4.78, 5) is 25.2. The maximum atomic E-state index is 12.8. The normalized spacial score (nSPS) is 14.0. The first-order valence-corrected chi connectivity index (χ1v) is 29.6. The first kappa shape index (κ1) is 65.9. The van der Waals surface area contributed by atoms with E-state index < -0.39 is 13.9 Å². The van der Waals surface area contributed by atoms with E-state index in [9.17, 15) is 14.3 Å². The second-order valence-corrected chi connectivity index (χ2v) is 21.3. The monoisotopic (exact) mass is 974 g/mol. The lowest BCUT2D eigenvalue weighted by Crippen LogP contribution is -2.37. The van der Waals surface area contributed by atoms with Crippen LogP contribution in [0.3, 0.4) is 0 Å². The fraction of sp³-hybridized carbons (Fsp3) is 0.780. The quantitative estimate of drug-likeness (QED) is 0.0197. The highest BCUT2D eigenvalue weighted by atomic mass is 31.2. The van der Waals surface area contributed by atoms with E-state index in [-0.39, 0.29) is 25.8 Å². The van der Waals surface area contributed by atoms with Crippen LogP contribution in [0.1, 0.15) is 239 Å². The molecular formula is C59H108NO7P. The van der Waals surface area contributed by atoms with Crippen molar-refractivity contribution in [2.24, 2.45) is 0 Å². The Morgan fingerprint density at radius 3 is 1.26 bits per heavy atom. The van der Waals surface area contributed by atoms with Gasteiger partial charge in [0, 0.05) is 13.0 Å². The maximum absolute atomic E-state index is 12.8. The number of phosphoric acid groups is 1. The lowest BCUT2D eigenvalue weighted by molar-refractivity contribution is -0.870. The molecule has 0 saturated carbocycles. The fourth-order valence-corrected chi connectivity index (χ4v) is 8.46. The number of likely N-dealkylation sites (N-methyl/N-ethyl adjacent to an activating group) is 1. The Morgan fingerprint density at radius 2 is 0.853 bits per heavy atom. The van der Waals surface area contributed by atoms with Crippen molar-refractivity contribution in [1.29, 1.82) is 0 Å². The number of hydrogen-bond acceptors (Lipinski definition) is 7. The van der Waals surface area contributed by atoms with Crippen molar-refractivity contribution >= 4 is 13.8 Å². The second-order valence-electron chi connectivity index (χ2n) is 19.9. The van der Waals surface area contributed by atoms with Crippen molar-refractivity contribution in [1.82, 2.24) is 0 Å². The first-order chi connectivity index (χ1) is 33.1. The topological polar surface area (TPSA) is 94.1 Å². The third-order valence-electron chi connectivity index (χ3n) is 12.0. The summed E-state index contributed by atoms with van der Waals surface area (Å²) >= 11 is 0. The maximum Gasteiger partial charge on any atom is 0.306 e. The summed E-state index contributed by atoms with van der Waals surface area (Å²) in [7, 11) is 1.33. The molecule has 0 N–H and O–H groups in total. The second kappa shape index (κ2) is 51.3. The predicted octanol–water partition coefficient (Wildman–Crippen LogP) is 17.2. The molecule has 0 bridgehead atoms. The molecule has 0 radical (unpaired) electrons. The predicted molar refractivity (Wildman–Crippen MR) is 291 cm³/mol. The number of carbonyl (C=O) groups is 1. The lowest BCUT2D eigenvalue weighted by Gasteiger charge is -2.28. The van der Waals surface area contributed by atoms with Gasteiger partial charge in [-0.1, -0.05) is 241 Å². The van der Waals surface area contributed by atoms with E-state index in [1.54, 1.807) is 0 Å². The van der Waals surface area contributed by atoms with Gasteiger partial charge in [-0.3, -0.25) is 9.36 Å². The largest absolute Gasteiger partial charge is 0.756 e. The molecule has 2 atom stereocenters. The average Bonchev–Trinajstić information content (AvgIpc) is 3.30. The number of allylic oxidation sites excluding steroid dienone is 12. The standard InChI is InChI=1S/C59H108NO7P/c1-6-8-10-12-14-16-18-20-22-24-26-28-30-31-32-34-36-38-40-42-44-46-48-50-52-59(61)67-58(57-66-68(62,63)65-55-53-60(3,4)5)56-64-54-51-49-47-45-43-41-39-37-35-33-29-27-25-23-21-19-17-15-13-11-9-7-2/h9,11,15,17,21,23,27,29,35,37,41,43,58H,6-8,10,12-14,16,18-20,22,24-26,28,30-34,36,38-40,42,44-57H2,1-5H3/b11-9-,17-15-,23-21-,29-27-,37-35-,43-41-. The SMILES string of the molecule is CC/C=C\C/C=C\C/C=C\C/C=C\C/C=C\C/C=C\CCCCCOCC(COP(=O)([O-])OCC[N+](C)(C)C)OC(=O)CCCCCCCCCCCCCCCCCCCCCCCCCC. The third-order valence-corrected chi connectivity index (χ3v) is 13.0. The smallest absolute Gasteiger partial charge is 0.306 e. The highest BCUT2D eigenvalue weighted by molar-refractivity contribution is 7.45. The Balaban J connectivity index is 4.14. The minimum Gasteiger partial charge on any atom is -0.756 e. The van der Waals surface area contributed by atoms with Crippen LogP contribution < -0.4 is 4.89 Å². The van der Waals surface area contributed by atoms with Crippen LogP contribution in [0, 0.1) is 0 Å². The molecule has 0 aromatic rings.